The van der Waals surface area contributed by atoms with E-state index in [1.54, 1.807) is 48.1 Å². The van der Waals surface area contributed by atoms with Gasteiger partial charge in [0, 0.05) is 35.7 Å². The number of benzene rings is 2. The monoisotopic (exact) mass is 563 g/mol. The number of halogens is 5. The molecule has 1 fully saturated rings. The fourth-order valence-electron chi connectivity index (χ4n) is 4.11. The lowest BCUT2D eigenvalue weighted by Gasteiger charge is -2.38. The molecular formula is C26H18F5N3O4S. The van der Waals surface area contributed by atoms with Gasteiger partial charge in [-0.3, -0.25) is 9.78 Å². The van der Waals surface area contributed by atoms with E-state index in [0.29, 0.717) is 15.8 Å². The number of piperidine rings is 1. The molecule has 0 bridgehead atoms. The van der Waals surface area contributed by atoms with Crippen molar-refractivity contribution >= 4 is 34.1 Å². The van der Waals surface area contributed by atoms with Gasteiger partial charge in [-0.25, -0.2) is 18.6 Å². The van der Waals surface area contributed by atoms with Crippen molar-refractivity contribution < 1.29 is 41.0 Å². The van der Waals surface area contributed by atoms with Gasteiger partial charge in [0.15, 0.2) is 11.9 Å². The van der Waals surface area contributed by atoms with E-state index in [9.17, 15) is 22.8 Å². The zero-order chi connectivity index (χ0) is 27.8. The van der Waals surface area contributed by atoms with Crippen molar-refractivity contribution in [3.05, 3.63) is 71.9 Å². The lowest BCUT2D eigenvalue weighted by atomic mass is 10.00. The quantitative estimate of drug-likeness (QED) is 0.227. The number of rotatable bonds is 5. The number of alkyl halides is 5. The smallest absolute Gasteiger partial charge is 0.463 e. The van der Waals surface area contributed by atoms with Gasteiger partial charge in [-0.2, -0.15) is 13.2 Å². The Morgan fingerprint density at radius 3 is 2.56 bits per heavy atom. The molecule has 2 aromatic carbocycles. The Morgan fingerprint density at radius 2 is 1.82 bits per heavy atom. The molecule has 2 aromatic heterocycles. The first-order valence-electron chi connectivity index (χ1n) is 11.5. The van der Waals surface area contributed by atoms with Crippen LogP contribution in [-0.4, -0.2) is 58.0 Å². The number of hydrogen-bond acceptors (Lipinski definition) is 7. The van der Waals surface area contributed by atoms with Crippen LogP contribution in [0, 0.1) is 0 Å². The van der Waals surface area contributed by atoms with Crippen LogP contribution in [0.3, 0.4) is 0 Å². The van der Waals surface area contributed by atoms with Crippen molar-refractivity contribution in [1.82, 2.24) is 14.9 Å². The molecular weight excluding hydrogens is 545 g/mol. The molecule has 0 aliphatic carbocycles. The minimum Gasteiger partial charge on any atom is -0.463 e. The summed E-state index contributed by atoms with van der Waals surface area (Å²) in [6.45, 7) is -0.881. The van der Waals surface area contributed by atoms with E-state index in [-0.39, 0.29) is 17.6 Å². The fraction of sp³-hybridized carbons (Fsp3) is 0.231. The number of carbonyl (C=O) groups is 2. The summed E-state index contributed by atoms with van der Waals surface area (Å²) >= 11 is 1.31. The SMILES string of the molecule is O=C(c1ccccc1-c1cncs1)N1CCC(F)(F)C(Oc2nc3ccccc3cc2OC(=O)C(F)(F)F)C1. The van der Waals surface area contributed by atoms with Crippen LogP contribution in [-0.2, 0) is 4.79 Å². The van der Waals surface area contributed by atoms with Crippen LogP contribution in [0.2, 0.25) is 0 Å². The first-order chi connectivity index (χ1) is 18.5. The van der Waals surface area contributed by atoms with Crippen molar-refractivity contribution in [2.45, 2.75) is 24.6 Å². The Kier molecular flexibility index (Phi) is 6.93. The van der Waals surface area contributed by atoms with E-state index in [4.69, 9.17) is 4.74 Å². The van der Waals surface area contributed by atoms with Crippen molar-refractivity contribution in [3.8, 4) is 22.1 Å². The molecule has 1 aliphatic rings. The molecule has 1 unspecified atom stereocenters. The number of esters is 1. The van der Waals surface area contributed by atoms with Gasteiger partial charge in [-0.1, -0.05) is 36.4 Å². The topological polar surface area (TPSA) is 81.6 Å². The third-order valence-corrected chi connectivity index (χ3v) is 6.87. The number of para-hydroxylation sites is 1. The molecule has 4 aromatic rings. The molecule has 7 nitrogen and oxygen atoms in total. The average Bonchev–Trinajstić information content (AvgIpc) is 3.44. The number of aromatic nitrogens is 2. The van der Waals surface area contributed by atoms with Crippen LogP contribution in [0.4, 0.5) is 22.0 Å². The molecule has 1 amide bonds. The number of thiazole rings is 1. The first kappa shape index (κ1) is 26.5. The third kappa shape index (κ3) is 5.53. The molecule has 0 N–H and O–H groups in total. The zero-order valence-corrected chi connectivity index (χ0v) is 20.6. The van der Waals surface area contributed by atoms with Crippen LogP contribution in [0.5, 0.6) is 11.6 Å². The Bertz CT molecular complexity index is 1530. The number of ether oxygens (including phenoxy) is 2. The predicted molar refractivity (Wildman–Crippen MR) is 131 cm³/mol. The number of pyridine rings is 1. The van der Waals surface area contributed by atoms with Gasteiger partial charge in [0.25, 0.3) is 17.7 Å². The van der Waals surface area contributed by atoms with Crippen molar-refractivity contribution in [3.63, 3.8) is 0 Å². The van der Waals surface area contributed by atoms with Gasteiger partial charge < -0.3 is 14.4 Å². The minimum atomic E-state index is -5.34. The van der Waals surface area contributed by atoms with Gasteiger partial charge in [-0.05, 0) is 18.2 Å². The second kappa shape index (κ2) is 10.2. The summed E-state index contributed by atoms with van der Waals surface area (Å²) in [5.74, 6) is -8.05. The number of carbonyl (C=O) groups excluding carboxylic acids is 2. The molecule has 1 saturated heterocycles. The van der Waals surface area contributed by atoms with E-state index in [2.05, 4.69) is 14.7 Å². The lowest BCUT2D eigenvalue weighted by Crippen LogP contribution is -2.55. The summed E-state index contributed by atoms with van der Waals surface area (Å²) in [5.41, 5.74) is 2.67. The number of fused-ring (bicyclic) bond motifs is 1. The third-order valence-electron chi connectivity index (χ3n) is 6.06. The Labute approximate surface area is 221 Å². The number of nitrogens with zero attached hydrogens (tertiary/aromatic N) is 3. The summed E-state index contributed by atoms with van der Waals surface area (Å²) in [4.78, 5) is 34.9. The normalized spacial score (nSPS) is 17.2. The van der Waals surface area contributed by atoms with Crippen molar-refractivity contribution in [2.24, 2.45) is 0 Å². The second-order valence-corrected chi connectivity index (χ2v) is 9.54. The molecule has 5 rings (SSSR count). The highest BCUT2D eigenvalue weighted by atomic mass is 32.1. The van der Waals surface area contributed by atoms with Gasteiger partial charge in [0.1, 0.15) is 0 Å². The molecule has 202 valence electrons. The molecule has 13 heteroatoms. The predicted octanol–water partition coefficient (Wildman–Crippen LogP) is 5.75. The Morgan fingerprint density at radius 1 is 1.08 bits per heavy atom. The van der Waals surface area contributed by atoms with Crippen LogP contribution in [0.25, 0.3) is 21.3 Å². The maximum atomic E-state index is 15.0. The van der Waals surface area contributed by atoms with E-state index in [1.807, 2.05) is 0 Å². The van der Waals surface area contributed by atoms with Gasteiger partial charge in [0.2, 0.25) is 0 Å². The summed E-state index contributed by atoms with van der Waals surface area (Å²) in [6, 6.07) is 13.8. The maximum Gasteiger partial charge on any atom is 0.491 e. The van der Waals surface area contributed by atoms with Crippen molar-refractivity contribution in [1.29, 1.82) is 0 Å². The van der Waals surface area contributed by atoms with E-state index >= 15 is 8.78 Å². The largest absolute Gasteiger partial charge is 0.491 e. The standard InChI is InChI=1S/C26H18F5N3O4S/c27-25(28)9-10-34(23(35)17-7-3-2-6-16(17)20-12-32-14-39-20)13-21(25)38-22-19(37-24(36)26(29,30)31)11-15-5-1-4-8-18(15)33-22/h1-8,11-12,14,21H,9-10,13H2. The number of hydrogen-bond donors (Lipinski definition) is 0. The summed E-state index contributed by atoms with van der Waals surface area (Å²) in [7, 11) is 0. The Hall–Kier alpha value is -4.13. The summed E-state index contributed by atoms with van der Waals surface area (Å²) < 4.78 is 78.6. The summed E-state index contributed by atoms with van der Waals surface area (Å²) in [6.07, 6.45) is -6.51. The molecule has 0 radical (unpaired) electrons. The van der Waals surface area contributed by atoms with E-state index in [0.717, 1.165) is 6.07 Å². The molecule has 0 saturated carbocycles. The number of likely N-dealkylation sites (tertiary alicyclic amines) is 1. The summed E-state index contributed by atoms with van der Waals surface area (Å²) in [5, 5.41) is 0.293. The fourth-order valence-corrected chi connectivity index (χ4v) is 4.77. The van der Waals surface area contributed by atoms with Crippen LogP contribution >= 0.6 is 11.3 Å². The van der Waals surface area contributed by atoms with Crippen molar-refractivity contribution in [2.75, 3.05) is 13.1 Å². The highest BCUT2D eigenvalue weighted by Gasteiger charge is 2.48. The molecule has 0 spiro atoms. The van der Waals surface area contributed by atoms with Crippen LogP contribution in [0.1, 0.15) is 16.8 Å². The second-order valence-electron chi connectivity index (χ2n) is 8.65. The van der Waals surface area contributed by atoms with Gasteiger partial charge in [-0.15, -0.1) is 11.3 Å². The van der Waals surface area contributed by atoms with E-state index in [1.165, 1.54) is 28.4 Å². The molecule has 39 heavy (non-hydrogen) atoms. The van der Waals surface area contributed by atoms with Gasteiger partial charge >= 0.3 is 12.1 Å². The van der Waals surface area contributed by atoms with Gasteiger partial charge in [0.05, 0.1) is 22.4 Å². The van der Waals surface area contributed by atoms with E-state index < -0.39 is 54.7 Å². The van der Waals surface area contributed by atoms with Crippen LogP contribution < -0.4 is 9.47 Å². The van der Waals surface area contributed by atoms with Crippen LogP contribution in [0.15, 0.2) is 66.3 Å². The highest BCUT2D eigenvalue weighted by molar-refractivity contribution is 7.13. The highest BCUT2D eigenvalue weighted by Crippen LogP contribution is 2.37. The number of amides is 1. The molecule has 1 aliphatic heterocycles. The maximum absolute atomic E-state index is 15.0. The minimum absolute atomic E-state index is 0.213. The Balaban J connectivity index is 1.45. The zero-order valence-electron chi connectivity index (χ0n) is 19.8. The molecule has 1 atom stereocenters. The molecule has 3 heterocycles. The lowest BCUT2D eigenvalue weighted by molar-refractivity contribution is -0.190. The average molecular weight is 564 g/mol. The first-order valence-corrected chi connectivity index (χ1v) is 12.4.